The van der Waals surface area contributed by atoms with E-state index < -0.39 is 6.04 Å². The molecule has 12 nitrogen and oxygen atoms in total. The van der Waals surface area contributed by atoms with E-state index in [-0.39, 0.29) is 54.1 Å². The van der Waals surface area contributed by atoms with Crippen molar-refractivity contribution in [2.45, 2.75) is 38.3 Å². The van der Waals surface area contributed by atoms with E-state index in [9.17, 15) is 14.4 Å². The predicted octanol–water partition coefficient (Wildman–Crippen LogP) is 2.40. The molecule has 2 aromatic rings. The Morgan fingerprint density at radius 1 is 1.22 bits per heavy atom. The molecule has 1 aliphatic heterocycles. The van der Waals surface area contributed by atoms with Crippen LogP contribution in [-0.2, 0) is 25.5 Å². The molecule has 2 aliphatic carbocycles. The summed E-state index contributed by atoms with van der Waals surface area (Å²) in [6.07, 6.45) is 7.38. The van der Waals surface area contributed by atoms with Crippen molar-refractivity contribution in [3.8, 4) is 5.75 Å². The van der Waals surface area contributed by atoms with Gasteiger partial charge >= 0.3 is 0 Å². The number of likely N-dealkylation sites (N-methyl/N-ethyl adjacent to an activating group) is 1. The Morgan fingerprint density at radius 2 is 2.00 bits per heavy atom. The first-order chi connectivity index (χ1) is 19.7. The van der Waals surface area contributed by atoms with E-state index in [2.05, 4.69) is 38.1 Å². The molecule has 3 amide bonds. The molecule has 5 rings (SSSR count). The number of methoxy groups -OCH3 is 2. The molecule has 2 heterocycles. The number of amides is 3. The summed E-state index contributed by atoms with van der Waals surface area (Å²) in [7, 11) is 2.99. The Morgan fingerprint density at radius 3 is 2.71 bits per heavy atom. The monoisotopic (exact) mass is 583 g/mol. The summed E-state index contributed by atoms with van der Waals surface area (Å²) >= 11 is 6.44. The van der Waals surface area contributed by atoms with E-state index in [1.807, 2.05) is 13.0 Å². The van der Waals surface area contributed by atoms with Gasteiger partial charge in [0.05, 0.1) is 30.6 Å². The second-order valence-corrected chi connectivity index (χ2v) is 10.8. The van der Waals surface area contributed by atoms with E-state index in [0.717, 1.165) is 12.0 Å². The molecule has 41 heavy (non-hydrogen) atoms. The Hall–Kier alpha value is -3.90. The van der Waals surface area contributed by atoms with Crippen LogP contribution in [0.2, 0.25) is 5.02 Å². The van der Waals surface area contributed by atoms with Gasteiger partial charge in [0.15, 0.2) is 5.82 Å². The number of allylic oxidation sites excluding steroid dienone is 1. The predicted molar refractivity (Wildman–Crippen MR) is 154 cm³/mol. The minimum absolute atomic E-state index is 0.111. The number of nitrogens with zero attached hydrogens (tertiary/aromatic N) is 3. The van der Waals surface area contributed by atoms with Gasteiger partial charge in [-0.05, 0) is 50.2 Å². The lowest BCUT2D eigenvalue weighted by molar-refractivity contribution is -0.129. The quantitative estimate of drug-likeness (QED) is 0.308. The van der Waals surface area contributed by atoms with Crippen LogP contribution in [-0.4, -0.2) is 67.1 Å². The lowest BCUT2D eigenvalue weighted by atomic mass is 9.88. The largest absolute Gasteiger partial charge is 0.494 e. The molecule has 1 fully saturated rings. The van der Waals surface area contributed by atoms with Crippen molar-refractivity contribution < 1.29 is 23.9 Å². The van der Waals surface area contributed by atoms with Crippen LogP contribution in [0.3, 0.4) is 0 Å². The van der Waals surface area contributed by atoms with E-state index >= 15 is 0 Å². The zero-order valence-corrected chi connectivity index (χ0v) is 23.9. The van der Waals surface area contributed by atoms with Gasteiger partial charge < -0.3 is 36.1 Å². The van der Waals surface area contributed by atoms with Crippen molar-refractivity contribution in [3.63, 3.8) is 0 Å². The second-order valence-electron chi connectivity index (χ2n) is 10.4. The zero-order valence-electron chi connectivity index (χ0n) is 23.1. The molecule has 13 heteroatoms. The molecule has 2 bridgehead atoms. The molecule has 3 aliphatic rings. The minimum atomic E-state index is -0.690. The van der Waals surface area contributed by atoms with Crippen LogP contribution in [0.25, 0.3) is 0 Å². The molecule has 1 aromatic heterocycles. The Bertz CT molecular complexity index is 1390. The maximum atomic E-state index is 13.3. The number of fused-ring (bicyclic) bond motifs is 3. The summed E-state index contributed by atoms with van der Waals surface area (Å²) in [5.41, 5.74) is 7.85. The van der Waals surface area contributed by atoms with Gasteiger partial charge in [0.25, 0.3) is 0 Å². The van der Waals surface area contributed by atoms with Crippen LogP contribution < -0.4 is 31.3 Å². The van der Waals surface area contributed by atoms with Gasteiger partial charge in [-0.3, -0.25) is 14.4 Å². The third-order valence-electron chi connectivity index (χ3n) is 7.99. The number of nitrogens with two attached hydrogens (primary N) is 1. The van der Waals surface area contributed by atoms with Crippen LogP contribution >= 0.6 is 11.6 Å². The number of primary amides is 1. The summed E-state index contributed by atoms with van der Waals surface area (Å²) in [5, 5.41) is 9.65. The first-order valence-corrected chi connectivity index (χ1v) is 14.0. The molecule has 1 aromatic carbocycles. The normalized spacial score (nSPS) is 24.5. The average molecular weight is 584 g/mol. The first-order valence-electron chi connectivity index (χ1n) is 13.6. The Kier molecular flexibility index (Phi) is 8.32. The second kappa shape index (κ2) is 11.9. The fourth-order valence-electron chi connectivity index (χ4n) is 6.20. The molecule has 1 saturated carbocycles. The number of ether oxygens (including phenoxy) is 2. The smallest absolute Gasteiger partial charge is 0.249 e. The van der Waals surface area contributed by atoms with Gasteiger partial charge in [-0.25, -0.2) is 4.98 Å². The van der Waals surface area contributed by atoms with Gasteiger partial charge in [-0.1, -0.05) is 23.8 Å². The molecule has 0 radical (unpaired) electrons. The number of carbonyl (C=O) groups excluding carboxylic acids is 3. The number of halogens is 1. The molecule has 5 atom stereocenters. The number of hydrogen-bond acceptors (Lipinski definition) is 9. The van der Waals surface area contributed by atoms with Crippen molar-refractivity contribution in [2.75, 3.05) is 42.9 Å². The highest BCUT2D eigenvalue weighted by Crippen LogP contribution is 2.45. The fraction of sp³-hybridized carbons (Fsp3) is 0.464. The average Bonchev–Trinajstić information content (AvgIpc) is 3.52. The van der Waals surface area contributed by atoms with Gasteiger partial charge in [-0.15, -0.1) is 0 Å². The molecule has 4 unspecified atom stereocenters. The minimum Gasteiger partial charge on any atom is -0.494 e. The summed E-state index contributed by atoms with van der Waals surface area (Å²) in [6.45, 7) is 2.17. The van der Waals surface area contributed by atoms with Crippen LogP contribution in [0, 0.1) is 17.8 Å². The maximum absolute atomic E-state index is 13.3. The highest BCUT2D eigenvalue weighted by Gasteiger charge is 2.47. The van der Waals surface area contributed by atoms with Crippen molar-refractivity contribution in [2.24, 2.45) is 23.5 Å². The zero-order chi connectivity index (χ0) is 29.3. The lowest BCUT2D eigenvalue weighted by Gasteiger charge is -2.27. The SMILES string of the molecule is CCN1C(=O)[C@@H](NC(=O)COC)CCc2c1ccc(Nc1ncc(Cl)c(NC3C4C=CC(C4)C3C(N)=O)n1)c2OC. The highest BCUT2D eigenvalue weighted by molar-refractivity contribution is 6.32. The fourth-order valence-corrected chi connectivity index (χ4v) is 6.35. The van der Waals surface area contributed by atoms with Crippen LogP contribution in [0.15, 0.2) is 30.5 Å². The number of rotatable bonds is 10. The molecular weight excluding hydrogens is 550 g/mol. The number of benzene rings is 1. The van der Waals surface area contributed by atoms with Crippen molar-refractivity contribution in [1.82, 2.24) is 15.3 Å². The third-order valence-corrected chi connectivity index (χ3v) is 8.26. The van der Waals surface area contributed by atoms with E-state index in [4.69, 9.17) is 26.8 Å². The number of anilines is 4. The van der Waals surface area contributed by atoms with Crippen LogP contribution in [0.1, 0.15) is 25.3 Å². The number of carbonyl (C=O) groups is 3. The molecule has 0 saturated heterocycles. The van der Waals surface area contributed by atoms with Crippen molar-refractivity contribution in [1.29, 1.82) is 0 Å². The van der Waals surface area contributed by atoms with Gasteiger partial charge in [0.2, 0.25) is 23.7 Å². The van der Waals surface area contributed by atoms with Gasteiger partial charge in [0, 0.05) is 25.3 Å². The standard InChI is InChI=1S/C28H34ClN7O5/c1-4-36-20-10-9-18(24(41-3)16(20)7-8-19(27(36)39)32-21(37)13-40-2)33-28-31-12-17(29)26(35-28)34-23-15-6-5-14(11-15)22(23)25(30)38/h5-6,9-10,12,14-15,19,22-23H,4,7-8,11,13H2,1-3H3,(H2,30,38)(H,32,37)(H2,31,33,34,35)/t14?,15?,19-,22?,23?/m0/s1. The Labute approximate surface area is 243 Å². The molecule has 0 spiro atoms. The lowest BCUT2D eigenvalue weighted by Crippen LogP contribution is -2.48. The van der Waals surface area contributed by atoms with Crippen molar-refractivity contribution in [3.05, 3.63) is 41.1 Å². The maximum Gasteiger partial charge on any atom is 0.249 e. The summed E-state index contributed by atoms with van der Waals surface area (Å²) in [5.74, 6) is 0.241. The highest BCUT2D eigenvalue weighted by atomic mass is 35.5. The number of aromatic nitrogens is 2. The van der Waals surface area contributed by atoms with Gasteiger partial charge in [-0.2, -0.15) is 4.98 Å². The van der Waals surface area contributed by atoms with Crippen LogP contribution in [0.4, 0.5) is 23.1 Å². The number of hydrogen-bond donors (Lipinski definition) is 4. The topological polar surface area (TPSA) is 161 Å². The number of nitrogens with one attached hydrogen (secondary N) is 3. The summed E-state index contributed by atoms with van der Waals surface area (Å²) in [6, 6.07) is 2.74. The van der Waals surface area contributed by atoms with E-state index in [1.165, 1.54) is 13.3 Å². The summed E-state index contributed by atoms with van der Waals surface area (Å²) < 4.78 is 10.7. The van der Waals surface area contributed by atoms with Crippen molar-refractivity contribution >= 4 is 52.5 Å². The van der Waals surface area contributed by atoms with Crippen LogP contribution in [0.5, 0.6) is 5.75 Å². The first kappa shape index (κ1) is 28.6. The molecular formula is C28H34ClN7O5. The van der Waals surface area contributed by atoms with E-state index in [1.54, 1.807) is 18.1 Å². The summed E-state index contributed by atoms with van der Waals surface area (Å²) in [4.78, 5) is 48.2. The van der Waals surface area contributed by atoms with Gasteiger partial charge in [0.1, 0.15) is 23.4 Å². The molecule has 218 valence electrons. The Balaban J connectivity index is 1.40. The third kappa shape index (κ3) is 5.53. The van der Waals surface area contributed by atoms with E-state index in [0.29, 0.717) is 47.4 Å². The molecule has 5 N–H and O–H groups in total.